The van der Waals surface area contributed by atoms with Gasteiger partial charge in [-0.05, 0) is 43.4 Å². The number of nitrogens with two attached hydrogens (primary N) is 1. The molecule has 84 valence electrons. The Labute approximate surface area is 91.5 Å². The quantitative estimate of drug-likeness (QED) is 0.811. The lowest BCUT2D eigenvalue weighted by Crippen LogP contribution is -2.34. The van der Waals surface area contributed by atoms with Gasteiger partial charge in [0.05, 0.1) is 0 Å². The van der Waals surface area contributed by atoms with E-state index in [1.54, 1.807) is 19.1 Å². The largest absolute Gasteiger partial charge is 0.322 e. The highest BCUT2D eigenvalue weighted by Crippen LogP contribution is 2.26. The highest BCUT2D eigenvalue weighted by atomic mass is 19.1. The first-order valence-electron chi connectivity index (χ1n) is 5.38. The van der Waals surface area contributed by atoms with Crippen LogP contribution in [-0.2, 0) is 5.54 Å². The van der Waals surface area contributed by atoms with Gasteiger partial charge in [0.1, 0.15) is 5.82 Å². The molecule has 1 rings (SSSR count). The maximum Gasteiger partial charge on any atom is 0.126 e. The fraction of sp³-hybridized carbons (Fsp3) is 0.538. The molecule has 0 aliphatic carbocycles. The molecule has 0 aromatic heterocycles. The van der Waals surface area contributed by atoms with Crippen molar-refractivity contribution in [3.63, 3.8) is 0 Å². The van der Waals surface area contributed by atoms with Crippen LogP contribution in [-0.4, -0.2) is 0 Å². The van der Waals surface area contributed by atoms with Crippen LogP contribution >= 0.6 is 0 Å². The summed E-state index contributed by atoms with van der Waals surface area (Å²) in [5.74, 6) is 0.331. The van der Waals surface area contributed by atoms with Crippen LogP contribution in [0.3, 0.4) is 0 Å². The summed E-state index contributed by atoms with van der Waals surface area (Å²) in [7, 11) is 0. The van der Waals surface area contributed by atoms with E-state index in [9.17, 15) is 4.39 Å². The summed E-state index contributed by atoms with van der Waals surface area (Å²) in [6.07, 6.45) is 0.857. The zero-order valence-corrected chi connectivity index (χ0v) is 9.97. The third-order valence-electron chi connectivity index (χ3n) is 2.66. The van der Waals surface area contributed by atoms with Crippen molar-refractivity contribution >= 4 is 0 Å². The molecular formula is C13H20FN. The van der Waals surface area contributed by atoms with Gasteiger partial charge in [-0.3, -0.25) is 0 Å². The van der Waals surface area contributed by atoms with Crippen LogP contribution in [0, 0.1) is 18.7 Å². The second kappa shape index (κ2) is 4.31. The van der Waals surface area contributed by atoms with Crippen molar-refractivity contribution in [2.24, 2.45) is 11.7 Å². The molecule has 2 heteroatoms. The van der Waals surface area contributed by atoms with Crippen LogP contribution in [0.25, 0.3) is 0 Å². The first-order chi connectivity index (χ1) is 6.83. The molecule has 0 saturated carbocycles. The van der Waals surface area contributed by atoms with Crippen LogP contribution in [0.5, 0.6) is 0 Å². The summed E-state index contributed by atoms with van der Waals surface area (Å²) in [6, 6.07) is 5.26. The summed E-state index contributed by atoms with van der Waals surface area (Å²) in [5.41, 5.74) is 7.29. The van der Waals surface area contributed by atoms with Gasteiger partial charge in [0, 0.05) is 5.54 Å². The van der Waals surface area contributed by atoms with Crippen LogP contribution in [0.1, 0.15) is 38.3 Å². The smallest absolute Gasteiger partial charge is 0.126 e. The summed E-state index contributed by atoms with van der Waals surface area (Å²) in [6.45, 7) is 7.96. The van der Waals surface area contributed by atoms with E-state index in [1.165, 1.54) is 0 Å². The van der Waals surface area contributed by atoms with Gasteiger partial charge in [0.25, 0.3) is 0 Å². The molecule has 0 fully saturated rings. The van der Waals surface area contributed by atoms with Gasteiger partial charge < -0.3 is 5.73 Å². The Morgan fingerprint density at radius 1 is 1.40 bits per heavy atom. The minimum atomic E-state index is -0.442. The molecule has 0 saturated heterocycles. The highest BCUT2D eigenvalue weighted by molar-refractivity contribution is 5.28. The standard InChI is InChI=1S/C13H20FN/c1-9(2)8-13(4,15)11-6-5-10(3)12(14)7-11/h5-7,9H,8,15H2,1-4H3. The zero-order valence-electron chi connectivity index (χ0n) is 9.97. The number of hydrogen-bond acceptors (Lipinski definition) is 1. The Hall–Kier alpha value is -0.890. The van der Waals surface area contributed by atoms with Crippen molar-refractivity contribution in [2.45, 2.75) is 39.7 Å². The Morgan fingerprint density at radius 2 is 2.00 bits per heavy atom. The average molecular weight is 209 g/mol. The van der Waals surface area contributed by atoms with Gasteiger partial charge in [-0.15, -0.1) is 0 Å². The zero-order chi connectivity index (χ0) is 11.6. The summed E-state index contributed by atoms with van der Waals surface area (Å²) < 4.78 is 13.4. The van der Waals surface area contributed by atoms with Crippen LogP contribution < -0.4 is 5.73 Å². The number of rotatable bonds is 3. The highest BCUT2D eigenvalue weighted by Gasteiger charge is 2.23. The molecule has 15 heavy (non-hydrogen) atoms. The monoisotopic (exact) mass is 209 g/mol. The van der Waals surface area contributed by atoms with E-state index >= 15 is 0 Å². The molecule has 0 aliphatic rings. The van der Waals surface area contributed by atoms with Gasteiger partial charge >= 0.3 is 0 Å². The van der Waals surface area contributed by atoms with E-state index in [1.807, 2.05) is 13.0 Å². The third-order valence-corrected chi connectivity index (χ3v) is 2.66. The van der Waals surface area contributed by atoms with E-state index < -0.39 is 5.54 Å². The van der Waals surface area contributed by atoms with E-state index in [0.29, 0.717) is 11.5 Å². The molecule has 0 bridgehead atoms. The number of aryl methyl sites for hydroxylation is 1. The van der Waals surface area contributed by atoms with Crippen molar-refractivity contribution in [2.75, 3.05) is 0 Å². The average Bonchev–Trinajstić information content (AvgIpc) is 2.07. The summed E-state index contributed by atoms with van der Waals surface area (Å²) >= 11 is 0. The van der Waals surface area contributed by atoms with Crippen LogP contribution in [0.2, 0.25) is 0 Å². The predicted molar refractivity (Wildman–Crippen MR) is 62.1 cm³/mol. The van der Waals surface area contributed by atoms with Crippen LogP contribution in [0.4, 0.5) is 4.39 Å². The maximum absolute atomic E-state index is 13.4. The Balaban J connectivity index is 2.99. The van der Waals surface area contributed by atoms with Crippen molar-refractivity contribution in [1.82, 2.24) is 0 Å². The van der Waals surface area contributed by atoms with E-state index in [-0.39, 0.29) is 5.82 Å². The van der Waals surface area contributed by atoms with Gasteiger partial charge in [0.2, 0.25) is 0 Å². The predicted octanol–water partition coefficient (Wildman–Crippen LogP) is 3.35. The fourth-order valence-corrected chi connectivity index (χ4v) is 1.91. The SMILES string of the molecule is Cc1ccc(C(C)(N)CC(C)C)cc1F. The molecule has 0 amide bonds. The number of hydrogen-bond donors (Lipinski definition) is 1. The van der Waals surface area contributed by atoms with E-state index in [4.69, 9.17) is 5.73 Å². The van der Waals surface area contributed by atoms with Gasteiger partial charge in [-0.1, -0.05) is 26.0 Å². The lowest BCUT2D eigenvalue weighted by Gasteiger charge is -2.27. The first-order valence-corrected chi connectivity index (χ1v) is 5.38. The van der Waals surface area contributed by atoms with Crippen molar-refractivity contribution in [1.29, 1.82) is 0 Å². The second-order valence-electron chi connectivity index (χ2n) is 4.98. The molecule has 0 spiro atoms. The third kappa shape index (κ3) is 3.03. The normalized spacial score (nSPS) is 15.4. The molecule has 0 heterocycles. The van der Waals surface area contributed by atoms with Crippen molar-refractivity contribution in [3.8, 4) is 0 Å². The van der Waals surface area contributed by atoms with Crippen molar-refractivity contribution in [3.05, 3.63) is 35.1 Å². The Bertz CT molecular complexity index is 342. The summed E-state index contributed by atoms with van der Waals surface area (Å²) in [4.78, 5) is 0. The minimum Gasteiger partial charge on any atom is -0.322 e. The van der Waals surface area contributed by atoms with Crippen LogP contribution in [0.15, 0.2) is 18.2 Å². The van der Waals surface area contributed by atoms with Gasteiger partial charge in [-0.2, -0.15) is 0 Å². The first kappa shape index (κ1) is 12.2. The number of benzene rings is 1. The van der Waals surface area contributed by atoms with E-state index in [0.717, 1.165) is 12.0 Å². The maximum atomic E-state index is 13.4. The fourth-order valence-electron chi connectivity index (χ4n) is 1.91. The molecule has 2 N–H and O–H groups in total. The second-order valence-corrected chi connectivity index (χ2v) is 4.98. The molecule has 0 aliphatic heterocycles. The van der Waals surface area contributed by atoms with Crippen molar-refractivity contribution < 1.29 is 4.39 Å². The molecule has 1 aromatic carbocycles. The molecule has 1 atom stereocenters. The molecule has 1 nitrogen and oxygen atoms in total. The minimum absolute atomic E-state index is 0.173. The summed E-state index contributed by atoms with van der Waals surface area (Å²) in [5, 5.41) is 0. The topological polar surface area (TPSA) is 26.0 Å². The molecular weight excluding hydrogens is 189 g/mol. The van der Waals surface area contributed by atoms with E-state index in [2.05, 4.69) is 13.8 Å². The Kier molecular flexibility index (Phi) is 3.50. The number of halogens is 1. The molecule has 1 unspecified atom stereocenters. The molecule has 1 aromatic rings. The molecule has 0 radical (unpaired) electrons. The lowest BCUT2D eigenvalue weighted by molar-refractivity contribution is 0.379. The lowest BCUT2D eigenvalue weighted by atomic mass is 9.85. The van der Waals surface area contributed by atoms with Gasteiger partial charge in [0.15, 0.2) is 0 Å². The Morgan fingerprint density at radius 3 is 2.47 bits per heavy atom. The van der Waals surface area contributed by atoms with Gasteiger partial charge in [-0.25, -0.2) is 4.39 Å².